The Kier molecular flexibility index (Phi) is 4.64. The molecule has 1 heterocycles. The molecule has 2 rings (SSSR count). The average molecular weight is 291 g/mol. The highest BCUT2D eigenvalue weighted by Crippen LogP contribution is 2.40. The van der Waals surface area contributed by atoms with Gasteiger partial charge in [0.05, 0.1) is 5.60 Å². The van der Waals surface area contributed by atoms with Crippen molar-refractivity contribution in [1.82, 2.24) is 5.32 Å². The second-order valence-electron chi connectivity index (χ2n) is 7.12. The van der Waals surface area contributed by atoms with Crippen LogP contribution in [0, 0.1) is 6.92 Å². The van der Waals surface area contributed by atoms with E-state index in [9.17, 15) is 0 Å². The summed E-state index contributed by atoms with van der Waals surface area (Å²) in [5.74, 6) is 1.01. The van der Waals surface area contributed by atoms with Gasteiger partial charge in [-0.15, -0.1) is 0 Å². The van der Waals surface area contributed by atoms with Crippen molar-refractivity contribution in [3.05, 3.63) is 29.3 Å². The first-order chi connectivity index (χ1) is 9.75. The Hall–Kier alpha value is -1.06. The minimum atomic E-state index is -0.263. The van der Waals surface area contributed by atoms with Crippen molar-refractivity contribution < 1.29 is 9.47 Å². The van der Waals surface area contributed by atoms with Crippen LogP contribution in [0.2, 0.25) is 0 Å². The SMILES string of the molecule is CCNCc1cccc(C)c1OC1CC(C)(C)OC1(C)C. The van der Waals surface area contributed by atoms with Crippen molar-refractivity contribution in [2.45, 2.75) is 71.8 Å². The Bertz CT molecular complexity index is 494. The molecule has 0 spiro atoms. The molecular weight excluding hydrogens is 262 g/mol. The van der Waals surface area contributed by atoms with Gasteiger partial charge in [0.1, 0.15) is 17.5 Å². The van der Waals surface area contributed by atoms with E-state index in [0.717, 1.165) is 25.3 Å². The predicted octanol–water partition coefficient (Wildman–Crippen LogP) is 3.83. The highest BCUT2D eigenvalue weighted by Gasteiger charge is 2.47. The maximum Gasteiger partial charge on any atom is 0.130 e. The van der Waals surface area contributed by atoms with Crippen LogP contribution in [0.3, 0.4) is 0 Å². The van der Waals surface area contributed by atoms with Crippen molar-refractivity contribution in [1.29, 1.82) is 0 Å². The Morgan fingerprint density at radius 1 is 1.29 bits per heavy atom. The maximum absolute atomic E-state index is 6.42. The Balaban J connectivity index is 2.23. The quantitative estimate of drug-likeness (QED) is 0.894. The van der Waals surface area contributed by atoms with E-state index in [-0.39, 0.29) is 17.3 Å². The van der Waals surface area contributed by atoms with Crippen LogP contribution in [0.25, 0.3) is 0 Å². The molecule has 0 aliphatic carbocycles. The van der Waals surface area contributed by atoms with Crippen molar-refractivity contribution in [2.75, 3.05) is 6.54 Å². The standard InChI is InChI=1S/C18H29NO2/c1-7-19-12-14-10-8-9-13(2)16(14)20-15-11-17(3,4)21-18(15,5)6/h8-10,15,19H,7,11-12H2,1-6H3. The third kappa shape index (κ3) is 3.78. The second-order valence-corrected chi connectivity index (χ2v) is 7.12. The number of ether oxygens (including phenoxy) is 2. The molecule has 21 heavy (non-hydrogen) atoms. The minimum absolute atomic E-state index is 0.0778. The molecule has 1 saturated heterocycles. The Morgan fingerprint density at radius 3 is 2.57 bits per heavy atom. The molecule has 1 aliphatic rings. The van der Waals surface area contributed by atoms with Crippen LogP contribution >= 0.6 is 0 Å². The topological polar surface area (TPSA) is 30.5 Å². The lowest BCUT2D eigenvalue weighted by atomic mass is 9.96. The molecule has 1 aliphatic heterocycles. The van der Waals surface area contributed by atoms with Gasteiger partial charge in [-0.1, -0.05) is 25.1 Å². The monoisotopic (exact) mass is 291 g/mol. The number of rotatable bonds is 5. The molecule has 1 unspecified atom stereocenters. The van der Waals surface area contributed by atoms with E-state index >= 15 is 0 Å². The molecule has 0 radical (unpaired) electrons. The van der Waals surface area contributed by atoms with Crippen molar-refractivity contribution in [2.24, 2.45) is 0 Å². The van der Waals surface area contributed by atoms with Crippen LogP contribution in [-0.4, -0.2) is 23.9 Å². The van der Waals surface area contributed by atoms with Crippen LogP contribution in [0.15, 0.2) is 18.2 Å². The van der Waals surface area contributed by atoms with Gasteiger partial charge < -0.3 is 14.8 Å². The molecule has 0 aromatic heterocycles. The minimum Gasteiger partial charge on any atom is -0.487 e. The number of nitrogens with one attached hydrogen (secondary N) is 1. The molecule has 1 fully saturated rings. The zero-order valence-corrected chi connectivity index (χ0v) is 14.2. The Labute approximate surface area is 129 Å². The number of hydrogen-bond donors (Lipinski definition) is 1. The van der Waals surface area contributed by atoms with Gasteiger partial charge in [-0.3, -0.25) is 0 Å². The van der Waals surface area contributed by atoms with Gasteiger partial charge in [-0.25, -0.2) is 0 Å². The van der Waals surface area contributed by atoms with Crippen LogP contribution in [0.5, 0.6) is 5.75 Å². The van der Waals surface area contributed by atoms with Crippen molar-refractivity contribution in [3.63, 3.8) is 0 Å². The molecule has 118 valence electrons. The fourth-order valence-corrected chi connectivity index (χ4v) is 3.12. The molecule has 3 heteroatoms. The molecule has 1 aromatic rings. The molecule has 0 saturated carbocycles. The largest absolute Gasteiger partial charge is 0.487 e. The zero-order valence-electron chi connectivity index (χ0n) is 14.2. The van der Waals surface area contributed by atoms with Gasteiger partial charge in [-0.05, 0) is 46.7 Å². The molecule has 1 aromatic carbocycles. The fraction of sp³-hybridized carbons (Fsp3) is 0.667. The normalized spacial score (nSPS) is 23.2. The summed E-state index contributed by atoms with van der Waals surface area (Å²) in [6.45, 7) is 14.5. The summed E-state index contributed by atoms with van der Waals surface area (Å²) < 4.78 is 12.6. The molecule has 0 amide bonds. The third-order valence-electron chi connectivity index (χ3n) is 4.11. The van der Waals surface area contributed by atoms with Gasteiger partial charge in [0.2, 0.25) is 0 Å². The number of benzene rings is 1. The summed E-state index contributed by atoms with van der Waals surface area (Å²) in [5.41, 5.74) is 2.02. The summed E-state index contributed by atoms with van der Waals surface area (Å²) in [7, 11) is 0. The molecular formula is C18H29NO2. The molecule has 1 N–H and O–H groups in total. The van der Waals surface area contributed by atoms with Crippen LogP contribution in [0.4, 0.5) is 0 Å². The summed E-state index contributed by atoms with van der Waals surface area (Å²) >= 11 is 0. The number of para-hydroxylation sites is 1. The summed E-state index contributed by atoms with van der Waals surface area (Å²) in [6.07, 6.45) is 0.989. The lowest BCUT2D eigenvalue weighted by Gasteiger charge is -2.28. The number of aryl methyl sites for hydroxylation is 1. The first-order valence-corrected chi connectivity index (χ1v) is 7.91. The zero-order chi connectivity index (χ0) is 15.7. The van der Waals surface area contributed by atoms with Crippen molar-refractivity contribution in [3.8, 4) is 5.75 Å². The van der Waals surface area contributed by atoms with E-state index in [1.54, 1.807) is 0 Å². The van der Waals surface area contributed by atoms with Crippen molar-refractivity contribution >= 4 is 0 Å². The highest BCUT2D eigenvalue weighted by molar-refractivity contribution is 5.41. The van der Waals surface area contributed by atoms with E-state index in [2.05, 4.69) is 65.1 Å². The van der Waals surface area contributed by atoms with E-state index in [4.69, 9.17) is 9.47 Å². The van der Waals surface area contributed by atoms with E-state index in [1.807, 2.05) is 0 Å². The summed E-state index contributed by atoms with van der Waals surface area (Å²) in [5, 5.41) is 3.38. The third-order valence-corrected chi connectivity index (χ3v) is 4.11. The van der Waals surface area contributed by atoms with Gasteiger partial charge in [0, 0.05) is 18.5 Å². The smallest absolute Gasteiger partial charge is 0.130 e. The van der Waals surface area contributed by atoms with Crippen LogP contribution in [-0.2, 0) is 11.3 Å². The first-order valence-electron chi connectivity index (χ1n) is 7.91. The maximum atomic E-state index is 6.42. The van der Waals surface area contributed by atoms with Gasteiger partial charge in [0.25, 0.3) is 0 Å². The summed E-state index contributed by atoms with van der Waals surface area (Å²) in [6, 6.07) is 6.34. The highest BCUT2D eigenvalue weighted by atomic mass is 16.6. The van der Waals surface area contributed by atoms with E-state index < -0.39 is 0 Å². The van der Waals surface area contributed by atoms with Gasteiger partial charge in [0.15, 0.2) is 0 Å². The van der Waals surface area contributed by atoms with E-state index in [1.165, 1.54) is 11.1 Å². The van der Waals surface area contributed by atoms with E-state index in [0.29, 0.717) is 0 Å². The molecule has 3 nitrogen and oxygen atoms in total. The average Bonchev–Trinajstić information content (AvgIpc) is 2.57. The first kappa shape index (κ1) is 16.3. The number of hydrogen-bond acceptors (Lipinski definition) is 3. The molecule has 0 bridgehead atoms. The van der Waals surface area contributed by atoms with Crippen LogP contribution in [0.1, 0.15) is 52.2 Å². The Morgan fingerprint density at radius 2 is 2.00 bits per heavy atom. The second kappa shape index (κ2) is 5.98. The fourth-order valence-electron chi connectivity index (χ4n) is 3.12. The lowest BCUT2D eigenvalue weighted by molar-refractivity contribution is -0.0847. The van der Waals surface area contributed by atoms with Gasteiger partial charge in [-0.2, -0.15) is 0 Å². The lowest BCUT2D eigenvalue weighted by Crippen LogP contribution is -2.37. The summed E-state index contributed by atoms with van der Waals surface area (Å²) in [4.78, 5) is 0. The van der Waals surface area contributed by atoms with Gasteiger partial charge >= 0.3 is 0 Å². The molecule has 1 atom stereocenters. The van der Waals surface area contributed by atoms with Crippen LogP contribution < -0.4 is 10.1 Å². The predicted molar refractivity (Wildman–Crippen MR) is 86.8 cm³/mol.